The van der Waals surface area contributed by atoms with Gasteiger partial charge < -0.3 is 29.3 Å². The van der Waals surface area contributed by atoms with Gasteiger partial charge in [0.1, 0.15) is 23.8 Å². The van der Waals surface area contributed by atoms with Gasteiger partial charge in [-0.15, -0.1) is 0 Å². The number of rotatable bonds is 8. The predicted octanol–water partition coefficient (Wildman–Crippen LogP) is 8.50. The van der Waals surface area contributed by atoms with Gasteiger partial charge in [-0.05, 0) is 68.1 Å². The number of methoxy groups -OCH3 is 1. The van der Waals surface area contributed by atoms with E-state index in [9.17, 15) is 14.7 Å². The van der Waals surface area contributed by atoms with E-state index in [2.05, 4.69) is 22.3 Å². The summed E-state index contributed by atoms with van der Waals surface area (Å²) in [6, 6.07) is 15.8. The first-order valence-corrected chi connectivity index (χ1v) is 16.2. The molecule has 12 heteroatoms. The van der Waals surface area contributed by atoms with Crippen LogP contribution in [-0.4, -0.2) is 53.5 Å². The van der Waals surface area contributed by atoms with Crippen molar-refractivity contribution in [2.45, 2.75) is 44.2 Å². The lowest BCUT2D eigenvalue weighted by Crippen LogP contribution is -2.41. The van der Waals surface area contributed by atoms with Crippen molar-refractivity contribution in [3.05, 3.63) is 97.7 Å². The largest absolute Gasteiger partial charge is 0.489 e. The van der Waals surface area contributed by atoms with Crippen LogP contribution in [0.5, 0.6) is 5.75 Å². The molecule has 1 saturated heterocycles. The molecule has 0 bridgehead atoms. The topological polar surface area (TPSA) is 114 Å². The number of piperidine rings is 1. The van der Waals surface area contributed by atoms with Gasteiger partial charge in [-0.3, -0.25) is 0 Å². The highest BCUT2D eigenvalue weighted by molar-refractivity contribution is 6.39. The summed E-state index contributed by atoms with van der Waals surface area (Å²) in [6.07, 6.45) is 2.41. The highest BCUT2D eigenvalue weighted by atomic mass is 35.5. The third-order valence-electron chi connectivity index (χ3n) is 8.12. The van der Waals surface area contributed by atoms with Gasteiger partial charge in [-0.1, -0.05) is 57.9 Å². The second kappa shape index (κ2) is 14.2. The van der Waals surface area contributed by atoms with Crippen LogP contribution in [-0.2, 0) is 11.3 Å². The van der Waals surface area contributed by atoms with Crippen LogP contribution in [0.2, 0.25) is 15.1 Å². The monoisotopic (exact) mass is 693 g/mol. The molecule has 1 saturated carbocycles. The minimum Gasteiger partial charge on any atom is -0.489 e. The van der Waals surface area contributed by atoms with Crippen LogP contribution in [0.4, 0.5) is 10.5 Å². The molecule has 1 aromatic heterocycles. The lowest BCUT2D eigenvalue weighted by molar-refractivity contribution is 0.0600. The normalized spacial score (nSPS) is 14.7. The van der Waals surface area contributed by atoms with Crippen molar-refractivity contribution >= 4 is 52.6 Å². The van der Waals surface area contributed by atoms with Crippen LogP contribution in [0.25, 0.3) is 11.3 Å². The third kappa shape index (κ3) is 7.62. The van der Waals surface area contributed by atoms with Gasteiger partial charge in [0.15, 0.2) is 0 Å². The van der Waals surface area contributed by atoms with Crippen molar-refractivity contribution in [1.82, 2.24) is 10.1 Å². The zero-order chi connectivity index (χ0) is 33.1. The summed E-state index contributed by atoms with van der Waals surface area (Å²) in [6.45, 7) is 1.05. The number of anilines is 1. The van der Waals surface area contributed by atoms with Gasteiger partial charge in [0, 0.05) is 53.5 Å². The van der Waals surface area contributed by atoms with Crippen LogP contribution < -0.4 is 10.1 Å². The standard InChI is InChI=1S/C35H30Cl3N3O6/c1-45-34(42)23-15-20(16-25(17-23)39-24-11-13-41(14-12-24)35(43)44)5-6-21-9-10-26(18-30(21)38)46-19-27-32(40-47-33(27)22-7-8-22)31-28(36)3-2-4-29(31)37/h2-4,9-10,15-18,22,24,39H,7-8,11-14,19H2,1H3,(H,43,44). The molecule has 2 fully saturated rings. The minimum atomic E-state index is -0.919. The van der Waals surface area contributed by atoms with Gasteiger partial charge in [-0.25, -0.2) is 9.59 Å². The molecule has 9 nitrogen and oxygen atoms in total. The van der Waals surface area contributed by atoms with E-state index in [0.29, 0.717) is 80.4 Å². The summed E-state index contributed by atoms with van der Waals surface area (Å²) >= 11 is 19.6. The maximum atomic E-state index is 12.4. The minimum absolute atomic E-state index is 0.0530. The van der Waals surface area contributed by atoms with E-state index in [4.69, 9.17) is 48.8 Å². The zero-order valence-electron chi connectivity index (χ0n) is 25.3. The Bertz CT molecular complexity index is 1870. The Kier molecular flexibility index (Phi) is 9.83. The second-order valence-corrected chi connectivity index (χ2v) is 12.6. The number of ether oxygens (including phenoxy) is 2. The number of amides is 1. The molecule has 0 radical (unpaired) electrons. The van der Waals surface area contributed by atoms with Crippen molar-refractivity contribution < 1.29 is 28.7 Å². The molecule has 1 amide bonds. The number of hydrogen-bond acceptors (Lipinski definition) is 7. The molecule has 0 atom stereocenters. The average molecular weight is 695 g/mol. The second-order valence-electron chi connectivity index (χ2n) is 11.4. The number of carbonyl (C=O) groups is 2. The van der Waals surface area contributed by atoms with Gasteiger partial charge in [-0.2, -0.15) is 0 Å². The number of carbonyl (C=O) groups excluding carboxylic acids is 1. The average Bonchev–Trinajstić information content (AvgIpc) is 3.82. The molecule has 4 aromatic rings. The van der Waals surface area contributed by atoms with Crippen LogP contribution >= 0.6 is 34.8 Å². The summed E-state index contributed by atoms with van der Waals surface area (Å²) < 4.78 is 16.8. The first kappa shape index (κ1) is 32.6. The fourth-order valence-electron chi connectivity index (χ4n) is 5.50. The number of carboxylic acid groups (broad SMARTS) is 1. The number of nitrogens with one attached hydrogen (secondary N) is 1. The van der Waals surface area contributed by atoms with E-state index in [0.717, 1.165) is 24.2 Å². The Morgan fingerprint density at radius 1 is 1.00 bits per heavy atom. The van der Waals surface area contributed by atoms with E-state index in [1.54, 1.807) is 48.5 Å². The van der Waals surface area contributed by atoms with Crippen LogP contribution in [0.1, 0.15) is 64.4 Å². The van der Waals surface area contributed by atoms with Crippen LogP contribution in [0.3, 0.4) is 0 Å². The first-order chi connectivity index (χ1) is 22.7. The third-order valence-corrected chi connectivity index (χ3v) is 9.06. The molecule has 2 heterocycles. The maximum Gasteiger partial charge on any atom is 0.407 e. The van der Waals surface area contributed by atoms with E-state index >= 15 is 0 Å². The van der Waals surface area contributed by atoms with Gasteiger partial charge in [0.2, 0.25) is 0 Å². The van der Waals surface area contributed by atoms with Crippen molar-refractivity contribution in [3.63, 3.8) is 0 Å². The lowest BCUT2D eigenvalue weighted by Gasteiger charge is -2.31. The number of nitrogens with zero attached hydrogens (tertiary/aromatic N) is 2. The number of hydrogen-bond donors (Lipinski definition) is 2. The van der Waals surface area contributed by atoms with E-state index in [1.807, 2.05) is 6.07 Å². The molecule has 0 unspecified atom stereocenters. The molecule has 242 valence electrons. The quantitative estimate of drug-likeness (QED) is 0.139. The Balaban J connectivity index is 1.19. The van der Waals surface area contributed by atoms with E-state index < -0.39 is 12.1 Å². The molecular weight excluding hydrogens is 665 g/mol. The summed E-state index contributed by atoms with van der Waals surface area (Å²) in [4.78, 5) is 25.1. The van der Waals surface area contributed by atoms with Crippen molar-refractivity contribution in [3.8, 4) is 28.8 Å². The maximum absolute atomic E-state index is 12.4. The molecular formula is C35H30Cl3N3O6. The lowest BCUT2D eigenvalue weighted by atomic mass is 10.0. The molecule has 6 rings (SSSR count). The Labute approximate surface area is 286 Å². The predicted molar refractivity (Wildman–Crippen MR) is 180 cm³/mol. The van der Waals surface area contributed by atoms with Crippen LogP contribution in [0.15, 0.2) is 59.1 Å². The first-order valence-electron chi connectivity index (χ1n) is 15.0. The Morgan fingerprint density at radius 2 is 1.74 bits per heavy atom. The van der Waals surface area contributed by atoms with Gasteiger partial charge in [0.25, 0.3) is 0 Å². The van der Waals surface area contributed by atoms with Gasteiger partial charge in [0.05, 0.1) is 33.3 Å². The number of benzene rings is 3. The number of aromatic nitrogens is 1. The SMILES string of the molecule is COC(=O)c1cc(C#Cc2ccc(OCc3c(-c4c(Cl)cccc4Cl)noc3C3CC3)cc2Cl)cc(NC2CCN(C(=O)O)CC2)c1. The van der Waals surface area contributed by atoms with Crippen molar-refractivity contribution in [1.29, 1.82) is 0 Å². The van der Waals surface area contributed by atoms with Crippen molar-refractivity contribution in [2.75, 3.05) is 25.5 Å². The Hall–Kier alpha value is -4.36. The molecule has 47 heavy (non-hydrogen) atoms. The summed E-state index contributed by atoms with van der Waals surface area (Å²) in [5.74, 6) is 7.30. The summed E-state index contributed by atoms with van der Waals surface area (Å²) in [5, 5.41) is 18.3. The fourth-order valence-corrected chi connectivity index (χ4v) is 6.29. The highest BCUT2D eigenvalue weighted by Crippen LogP contribution is 2.46. The van der Waals surface area contributed by atoms with Crippen LogP contribution in [0, 0.1) is 11.8 Å². The Morgan fingerprint density at radius 3 is 2.40 bits per heavy atom. The molecule has 3 aromatic carbocycles. The highest BCUT2D eigenvalue weighted by Gasteiger charge is 2.33. The van der Waals surface area contributed by atoms with E-state index in [1.165, 1.54) is 12.0 Å². The van der Waals surface area contributed by atoms with Gasteiger partial charge >= 0.3 is 12.1 Å². The summed E-state index contributed by atoms with van der Waals surface area (Å²) in [7, 11) is 1.32. The number of esters is 1. The smallest absolute Gasteiger partial charge is 0.407 e. The zero-order valence-corrected chi connectivity index (χ0v) is 27.6. The van der Waals surface area contributed by atoms with Crippen molar-refractivity contribution in [2.24, 2.45) is 0 Å². The fraction of sp³-hybridized carbons (Fsp3) is 0.286. The molecule has 1 aliphatic carbocycles. The number of likely N-dealkylation sites (tertiary alicyclic amines) is 1. The molecule has 2 aliphatic rings. The summed E-state index contributed by atoms with van der Waals surface area (Å²) in [5.41, 5.74) is 4.15. The van der Waals surface area contributed by atoms with E-state index in [-0.39, 0.29) is 18.6 Å². The number of halogens is 3. The molecule has 0 spiro atoms. The molecule has 1 aliphatic heterocycles. The molecule has 2 N–H and O–H groups in total.